The molecule has 0 aromatic carbocycles. The van der Waals surface area contributed by atoms with Crippen molar-refractivity contribution in [1.29, 1.82) is 0 Å². The van der Waals surface area contributed by atoms with Crippen molar-refractivity contribution >= 4 is 39.2 Å². The molecule has 1 unspecified atom stereocenters. The number of amides is 1. The molecule has 7 heteroatoms. The number of aromatic nitrogens is 2. The third-order valence-electron chi connectivity index (χ3n) is 3.40. The average Bonchev–Trinajstić information content (AvgIpc) is 2.77. The first-order chi connectivity index (χ1) is 9.69. The first kappa shape index (κ1) is 13.6. The van der Waals surface area contributed by atoms with E-state index in [4.69, 9.17) is 16.3 Å². The summed E-state index contributed by atoms with van der Waals surface area (Å²) < 4.78 is 4.92. The van der Waals surface area contributed by atoms with Crippen LogP contribution in [0.25, 0.3) is 10.2 Å². The van der Waals surface area contributed by atoms with Crippen molar-refractivity contribution in [3.05, 3.63) is 21.9 Å². The Morgan fingerprint density at radius 2 is 2.45 bits per heavy atom. The van der Waals surface area contributed by atoms with Crippen molar-refractivity contribution in [2.75, 3.05) is 6.61 Å². The summed E-state index contributed by atoms with van der Waals surface area (Å²) in [5.41, 5.74) is 1.23. The lowest BCUT2D eigenvalue weighted by Gasteiger charge is -2.22. The largest absolute Gasteiger partial charge is 0.450 e. The Morgan fingerprint density at radius 3 is 3.25 bits per heavy atom. The van der Waals surface area contributed by atoms with E-state index in [9.17, 15) is 4.79 Å². The molecule has 1 N–H and O–H groups in total. The summed E-state index contributed by atoms with van der Waals surface area (Å²) in [5.74, 6) is 0. The van der Waals surface area contributed by atoms with Crippen LogP contribution in [-0.4, -0.2) is 28.7 Å². The molecule has 0 aliphatic heterocycles. The molecule has 1 amide bonds. The van der Waals surface area contributed by atoms with Gasteiger partial charge in [0.1, 0.15) is 16.3 Å². The highest BCUT2D eigenvalue weighted by Crippen LogP contribution is 2.37. The topological polar surface area (TPSA) is 64.1 Å². The molecule has 0 saturated heterocycles. The minimum absolute atomic E-state index is 0.112. The molecule has 5 nitrogen and oxygen atoms in total. The highest BCUT2D eigenvalue weighted by Gasteiger charge is 2.25. The Morgan fingerprint density at radius 1 is 1.60 bits per heavy atom. The summed E-state index contributed by atoms with van der Waals surface area (Å²) >= 11 is 7.79. The number of aryl methyl sites for hydroxylation is 1. The van der Waals surface area contributed by atoms with Gasteiger partial charge in [0, 0.05) is 17.3 Å². The van der Waals surface area contributed by atoms with E-state index in [0.29, 0.717) is 11.8 Å². The van der Waals surface area contributed by atoms with Crippen molar-refractivity contribution in [3.63, 3.8) is 0 Å². The van der Waals surface area contributed by atoms with Gasteiger partial charge in [-0.2, -0.15) is 0 Å². The molecule has 106 valence electrons. The van der Waals surface area contributed by atoms with Gasteiger partial charge >= 0.3 is 6.09 Å². The predicted octanol–water partition coefficient (Wildman–Crippen LogP) is 2.95. The Kier molecular flexibility index (Phi) is 3.76. The van der Waals surface area contributed by atoms with Crippen molar-refractivity contribution in [2.45, 2.75) is 32.2 Å². The van der Waals surface area contributed by atoms with Gasteiger partial charge in [0.25, 0.3) is 0 Å². The van der Waals surface area contributed by atoms with Gasteiger partial charge in [-0.3, -0.25) is 0 Å². The van der Waals surface area contributed by atoms with E-state index in [1.807, 2.05) is 0 Å². The Labute approximate surface area is 125 Å². The number of fused-ring (bicyclic) bond motifs is 3. The summed E-state index contributed by atoms with van der Waals surface area (Å²) in [7, 11) is 0. The zero-order chi connectivity index (χ0) is 14.1. The molecule has 20 heavy (non-hydrogen) atoms. The SMILES string of the molecule is CCOC(=O)NC1CCc2c(sc3ncnc(Cl)c23)C1. The van der Waals surface area contributed by atoms with Gasteiger partial charge in [0.15, 0.2) is 0 Å². The maximum atomic E-state index is 11.5. The van der Waals surface area contributed by atoms with E-state index in [-0.39, 0.29) is 12.1 Å². The number of thiophene rings is 1. The van der Waals surface area contributed by atoms with E-state index in [0.717, 1.165) is 29.5 Å². The minimum atomic E-state index is -0.347. The number of carbonyl (C=O) groups excluding carboxylic acids is 1. The van der Waals surface area contributed by atoms with Crippen molar-refractivity contribution in [3.8, 4) is 0 Å². The van der Waals surface area contributed by atoms with Crippen LogP contribution in [0.1, 0.15) is 23.8 Å². The van der Waals surface area contributed by atoms with Crippen LogP contribution in [0.3, 0.4) is 0 Å². The van der Waals surface area contributed by atoms with Crippen molar-refractivity contribution < 1.29 is 9.53 Å². The molecule has 1 aliphatic rings. The van der Waals surface area contributed by atoms with Crippen LogP contribution in [0.15, 0.2) is 6.33 Å². The molecule has 3 rings (SSSR count). The zero-order valence-corrected chi connectivity index (χ0v) is 12.6. The summed E-state index contributed by atoms with van der Waals surface area (Å²) in [4.78, 5) is 22.0. The second-order valence-electron chi connectivity index (χ2n) is 4.65. The molecule has 0 bridgehead atoms. The number of rotatable bonds is 2. The molecule has 1 aliphatic carbocycles. The van der Waals surface area contributed by atoms with Gasteiger partial charge in [-0.15, -0.1) is 11.3 Å². The van der Waals surface area contributed by atoms with Crippen LogP contribution in [0.5, 0.6) is 0 Å². The van der Waals surface area contributed by atoms with E-state index < -0.39 is 0 Å². The lowest BCUT2D eigenvalue weighted by Crippen LogP contribution is -2.38. The number of hydrogen-bond donors (Lipinski definition) is 1. The molecule has 0 fully saturated rings. The number of carbonyl (C=O) groups is 1. The van der Waals surface area contributed by atoms with E-state index in [2.05, 4.69) is 15.3 Å². The van der Waals surface area contributed by atoms with Crippen molar-refractivity contribution in [1.82, 2.24) is 15.3 Å². The lowest BCUT2D eigenvalue weighted by molar-refractivity contribution is 0.147. The fourth-order valence-electron chi connectivity index (χ4n) is 2.53. The summed E-state index contributed by atoms with van der Waals surface area (Å²) in [6.07, 6.45) is 3.69. The monoisotopic (exact) mass is 311 g/mol. The van der Waals surface area contributed by atoms with Gasteiger partial charge in [0.05, 0.1) is 12.0 Å². The molecular weight excluding hydrogens is 298 g/mol. The van der Waals surface area contributed by atoms with Crippen molar-refractivity contribution in [2.24, 2.45) is 0 Å². The summed E-state index contributed by atoms with van der Waals surface area (Å²) in [5, 5.41) is 4.39. The Bertz CT molecular complexity index is 658. The molecule has 2 heterocycles. The predicted molar refractivity (Wildman–Crippen MR) is 78.4 cm³/mol. The fourth-order valence-corrected chi connectivity index (χ4v) is 4.10. The first-order valence-electron chi connectivity index (χ1n) is 6.53. The fraction of sp³-hybridized carbons (Fsp3) is 0.462. The standard InChI is InChI=1S/C13H14ClN3O2S/c1-2-19-13(18)17-7-3-4-8-9(5-7)20-12-10(8)11(14)15-6-16-12/h6-7H,2-5H2,1H3,(H,17,18). The third-order valence-corrected chi connectivity index (χ3v) is 4.85. The van der Waals surface area contributed by atoms with Gasteiger partial charge in [-0.05, 0) is 25.3 Å². The van der Waals surface area contributed by atoms with Crippen LogP contribution in [0, 0.1) is 0 Å². The highest BCUT2D eigenvalue weighted by molar-refractivity contribution is 7.19. The van der Waals surface area contributed by atoms with Gasteiger partial charge in [-0.25, -0.2) is 14.8 Å². The van der Waals surface area contributed by atoms with Crippen LogP contribution < -0.4 is 5.32 Å². The minimum Gasteiger partial charge on any atom is -0.450 e. The number of ether oxygens (including phenoxy) is 1. The molecule has 2 aromatic heterocycles. The van der Waals surface area contributed by atoms with E-state index in [1.54, 1.807) is 18.3 Å². The molecule has 2 aromatic rings. The normalized spacial score (nSPS) is 17.8. The zero-order valence-electron chi connectivity index (χ0n) is 11.0. The Hall–Kier alpha value is -1.40. The first-order valence-corrected chi connectivity index (χ1v) is 7.72. The number of nitrogens with one attached hydrogen (secondary N) is 1. The lowest BCUT2D eigenvalue weighted by atomic mass is 9.93. The number of hydrogen-bond acceptors (Lipinski definition) is 5. The second kappa shape index (κ2) is 5.54. The third kappa shape index (κ3) is 2.45. The summed E-state index contributed by atoms with van der Waals surface area (Å²) in [6.45, 7) is 2.18. The number of nitrogens with zero attached hydrogens (tertiary/aromatic N) is 2. The molecule has 1 atom stereocenters. The van der Waals surface area contributed by atoms with Crippen LogP contribution in [0.2, 0.25) is 5.15 Å². The van der Waals surface area contributed by atoms with Crippen LogP contribution in [0.4, 0.5) is 4.79 Å². The van der Waals surface area contributed by atoms with Gasteiger partial charge in [0.2, 0.25) is 0 Å². The average molecular weight is 312 g/mol. The summed E-state index contributed by atoms with van der Waals surface area (Å²) in [6, 6.07) is 0.112. The maximum Gasteiger partial charge on any atom is 0.407 e. The Balaban J connectivity index is 1.84. The quantitative estimate of drug-likeness (QED) is 0.866. The molecular formula is C13H14ClN3O2S. The number of halogens is 1. The highest BCUT2D eigenvalue weighted by atomic mass is 35.5. The smallest absolute Gasteiger partial charge is 0.407 e. The van der Waals surface area contributed by atoms with Crippen LogP contribution in [-0.2, 0) is 17.6 Å². The maximum absolute atomic E-state index is 11.5. The molecule has 0 saturated carbocycles. The van der Waals surface area contributed by atoms with Crippen LogP contribution >= 0.6 is 22.9 Å². The van der Waals surface area contributed by atoms with Gasteiger partial charge < -0.3 is 10.1 Å². The van der Waals surface area contributed by atoms with E-state index >= 15 is 0 Å². The van der Waals surface area contributed by atoms with Gasteiger partial charge in [-0.1, -0.05) is 11.6 Å². The van der Waals surface area contributed by atoms with E-state index in [1.165, 1.54) is 16.8 Å². The molecule has 0 spiro atoms. The number of alkyl carbamates (subject to hydrolysis) is 1. The second-order valence-corrected chi connectivity index (χ2v) is 6.09. The molecule has 0 radical (unpaired) electrons.